The van der Waals surface area contributed by atoms with Crippen molar-refractivity contribution in [1.29, 1.82) is 0 Å². The molecule has 1 aromatic heterocycles. The molecule has 0 bridgehead atoms. The Morgan fingerprint density at radius 3 is 2.59 bits per heavy atom. The van der Waals surface area contributed by atoms with Crippen molar-refractivity contribution in [2.24, 2.45) is 0 Å². The van der Waals surface area contributed by atoms with Crippen LogP contribution in [0.2, 0.25) is 0 Å². The van der Waals surface area contributed by atoms with Gasteiger partial charge in [-0.25, -0.2) is 21.6 Å². The lowest BCUT2D eigenvalue weighted by Gasteiger charge is -2.18. The Morgan fingerprint density at radius 2 is 1.95 bits per heavy atom. The first kappa shape index (κ1) is 15.5. The highest BCUT2D eigenvalue weighted by atomic mass is 32.2. The number of hydrogen-bond acceptors (Lipinski definition) is 5. The Bertz CT molecular complexity index is 903. The van der Waals surface area contributed by atoms with E-state index in [9.17, 15) is 16.8 Å². The normalized spacial score (nSPS) is 15.0. The number of nitrogens with one attached hydrogen (secondary N) is 1. The summed E-state index contributed by atoms with van der Waals surface area (Å²) < 4.78 is 52.7. The standard InChI is InChI=1S/C13H14N2O4S3/c1-14-21(16,17)11-4-5-12-10(9-11)6-7-15(12)22(18,19)13-3-2-8-20-13/h2-5,8-9,14H,6-7H2,1H3. The van der Waals surface area contributed by atoms with Crippen molar-refractivity contribution in [3.05, 3.63) is 41.3 Å². The fourth-order valence-corrected chi connectivity index (χ4v) is 5.79. The minimum atomic E-state index is -3.58. The first-order chi connectivity index (χ1) is 10.4. The topological polar surface area (TPSA) is 83.6 Å². The van der Waals surface area contributed by atoms with Crippen LogP contribution < -0.4 is 9.03 Å². The Morgan fingerprint density at radius 1 is 1.18 bits per heavy atom. The summed E-state index contributed by atoms with van der Waals surface area (Å²) in [6, 6.07) is 7.77. The first-order valence-electron chi connectivity index (χ1n) is 6.49. The molecule has 1 aromatic carbocycles. The molecule has 0 aliphatic carbocycles. The third-order valence-corrected chi connectivity index (χ3v) is 8.12. The summed E-state index contributed by atoms with van der Waals surface area (Å²) in [7, 11) is -5.76. The number of hydrogen-bond donors (Lipinski definition) is 1. The molecule has 2 heterocycles. The van der Waals surface area contributed by atoms with Crippen LogP contribution in [-0.4, -0.2) is 30.4 Å². The minimum absolute atomic E-state index is 0.143. The second-order valence-electron chi connectivity index (χ2n) is 4.76. The van der Waals surface area contributed by atoms with Gasteiger partial charge in [-0.15, -0.1) is 11.3 Å². The van der Waals surface area contributed by atoms with E-state index in [0.29, 0.717) is 18.7 Å². The zero-order valence-corrected chi connectivity index (χ0v) is 14.1. The lowest BCUT2D eigenvalue weighted by atomic mass is 10.2. The van der Waals surface area contributed by atoms with E-state index in [4.69, 9.17) is 0 Å². The number of thiophene rings is 1. The molecule has 0 atom stereocenters. The van der Waals surface area contributed by atoms with Crippen LogP contribution in [0.4, 0.5) is 5.69 Å². The number of fused-ring (bicyclic) bond motifs is 1. The monoisotopic (exact) mass is 358 g/mol. The number of benzene rings is 1. The molecule has 0 fully saturated rings. The number of sulfonamides is 2. The van der Waals surface area contributed by atoms with Crippen LogP contribution in [0.1, 0.15) is 5.56 Å². The fourth-order valence-electron chi connectivity index (χ4n) is 2.40. The van der Waals surface area contributed by atoms with E-state index in [1.807, 2.05) is 0 Å². The molecule has 1 aliphatic rings. The highest BCUT2D eigenvalue weighted by Crippen LogP contribution is 2.35. The number of anilines is 1. The average Bonchev–Trinajstić information content (AvgIpc) is 3.16. The highest BCUT2D eigenvalue weighted by molar-refractivity contribution is 7.94. The molecule has 118 valence electrons. The maximum atomic E-state index is 12.6. The van der Waals surface area contributed by atoms with Gasteiger partial charge in [-0.05, 0) is 48.7 Å². The zero-order valence-electron chi connectivity index (χ0n) is 11.7. The molecule has 9 heteroatoms. The van der Waals surface area contributed by atoms with E-state index in [0.717, 1.165) is 5.56 Å². The second-order valence-corrected chi connectivity index (χ2v) is 9.68. The molecule has 1 N–H and O–H groups in total. The first-order valence-corrected chi connectivity index (χ1v) is 10.3. The molecule has 0 unspecified atom stereocenters. The smallest absolute Gasteiger partial charge is 0.265 e. The van der Waals surface area contributed by atoms with Crippen molar-refractivity contribution in [1.82, 2.24) is 4.72 Å². The van der Waals surface area contributed by atoms with Crippen molar-refractivity contribution in [2.75, 3.05) is 17.9 Å². The van der Waals surface area contributed by atoms with Gasteiger partial charge in [0.05, 0.1) is 10.6 Å². The molecule has 1 aliphatic heterocycles. The third-order valence-electron chi connectivity index (χ3n) is 3.52. The molecule has 0 amide bonds. The predicted octanol–water partition coefficient (Wildman–Crippen LogP) is 1.41. The number of rotatable bonds is 4. The second kappa shape index (κ2) is 5.34. The van der Waals surface area contributed by atoms with Gasteiger partial charge in [0, 0.05) is 6.54 Å². The average molecular weight is 358 g/mol. The van der Waals surface area contributed by atoms with Gasteiger partial charge >= 0.3 is 0 Å². The largest absolute Gasteiger partial charge is 0.273 e. The third kappa shape index (κ3) is 2.43. The van der Waals surface area contributed by atoms with Gasteiger partial charge < -0.3 is 0 Å². The van der Waals surface area contributed by atoms with E-state index in [1.165, 1.54) is 34.8 Å². The van der Waals surface area contributed by atoms with Gasteiger partial charge in [-0.2, -0.15) is 0 Å². The lowest BCUT2D eigenvalue weighted by Crippen LogP contribution is -2.28. The van der Waals surface area contributed by atoms with Crippen LogP contribution >= 0.6 is 11.3 Å². The predicted molar refractivity (Wildman–Crippen MR) is 85.2 cm³/mol. The van der Waals surface area contributed by atoms with Crippen molar-refractivity contribution >= 4 is 37.1 Å². The van der Waals surface area contributed by atoms with Crippen LogP contribution in [0, 0.1) is 0 Å². The summed E-state index contributed by atoms with van der Waals surface area (Å²) in [5.41, 5.74) is 1.26. The van der Waals surface area contributed by atoms with Crippen LogP contribution in [0.25, 0.3) is 0 Å². The maximum absolute atomic E-state index is 12.6. The summed E-state index contributed by atoms with van der Waals surface area (Å²) in [6.45, 7) is 0.318. The maximum Gasteiger partial charge on any atom is 0.273 e. The molecule has 0 spiro atoms. The van der Waals surface area contributed by atoms with Gasteiger partial charge in [0.2, 0.25) is 10.0 Å². The molecule has 2 aromatic rings. The molecular formula is C13H14N2O4S3. The molecule has 0 radical (unpaired) electrons. The Kier molecular flexibility index (Phi) is 3.76. The van der Waals surface area contributed by atoms with Gasteiger partial charge in [-0.1, -0.05) is 6.07 Å². The van der Waals surface area contributed by atoms with Gasteiger partial charge in [0.1, 0.15) is 4.21 Å². The van der Waals surface area contributed by atoms with E-state index >= 15 is 0 Å². The Labute approximate surface area is 133 Å². The number of nitrogens with zero attached hydrogens (tertiary/aromatic N) is 1. The van der Waals surface area contributed by atoms with E-state index in [-0.39, 0.29) is 9.10 Å². The minimum Gasteiger partial charge on any atom is -0.265 e. The molecular weight excluding hydrogens is 344 g/mol. The van der Waals surface area contributed by atoms with E-state index < -0.39 is 20.0 Å². The summed E-state index contributed by atoms with van der Waals surface area (Å²) >= 11 is 1.17. The zero-order chi connectivity index (χ0) is 16.0. The van der Waals surface area contributed by atoms with Crippen molar-refractivity contribution < 1.29 is 16.8 Å². The highest BCUT2D eigenvalue weighted by Gasteiger charge is 2.32. The molecule has 0 saturated heterocycles. The molecule has 22 heavy (non-hydrogen) atoms. The molecule has 6 nitrogen and oxygen atoms in total. The van der Waals surface area contributed by atoms with Crippen molar-refractivity contribution in [2.45, 2.75) is 15.5 Å². The summed E-state index contributed by atoms with van der Waals surface area (Å²) in [5, 5.41) is 1.71. The summed E-state index contributed by atoms with van der Waals surface area (Å²) in [6.07, 6.45) is 0.493. The van der Waals surface area contributed by atoms with Gasteiger partial charge in [0.25, 0.3) is 10.0 Å². The van der Waals surface area contributed by atoms with Crippen molar-refractivity contribution in [3.63, 3.8) is 0 Å². The summed E-state index contributed by atoms with van der Waals surface area (Å²) in [5.74, 6) is 0. The lowest BCUT2D eigenvalue weighted by molar-refractivity contribution is 0.588. The van der Waals surface area contributed by atoms with Crippen molar-refractivity contribution in [3.8, 4) is 0 Å². The van der Waals surface area contributed by atoms with Crippen LogP contribution in [-0.2, 0) is 26.5 Å². The van der Waals surface area contributed by atoms with Gasteiger partial charge in [-0.3, -0.25) is 4.31 Å². The summed E-state index contributed by atoms with van der Waals surface area (Å²) in [4.78, 5) is 0.143. The fraction of sp³-hybridized carbons (Fsp3) is 0.231. The van der Waals surface area contributed by atoms with Crippen LogP contribution in [0.15, 0.2) is 44.8 Å². The Hall–Kier alpha value is -1.42. The molecule has 3 rings (SSSR count). The van der Waals surface area contributed by atoms with E-state index in [2.05, 4.69) is 4.72 Å². The van der Waals surface area contributed by atoms with Crippen LogP contribution in [0.5, 0.6) is 0 Å². The van der Waals surface area contributed by atoms with Crippen LogP contribution in [0.3, 0.4) is 0 Å². The van der Waals surface area contributed by atoms with E-state index in [1.54, 1.807) is 23.6 Å². The molecule has 0 saturated carbocycles. The van der Waals surface area contributed by atoms with Gasteiger partial charge in [0.15, 0.2) is 0 Å². The quantitative estimate of drug-likeness (QED) is 0.896. The SMILES string of the molecule is CNS(=O)(=O)c1ccc2c(c1)CCN2S(=O)(=O)c1cccs1. The Balaban J connectivity index is 2.04.